The molecule has 2 fully saturated rings. The van der Waals surface area contributed by atoms with Crippen LogP contribution in [0.25, 0.3) is 0 Å². The monoisotopic (exact) mass is 325 g/mol. The lowest BCUT2D eigenvalue weighted by molar-refractivity contribution is 0.253. The molecule has 0 heterocycles. The lowest BCUT2D eigenvalue weighted by atomic mass is 9.70. The highest BCUT2D eigenvalue weighted by atomic mass is 14.3. The first kappa shape index (κ1) is 19.0. The van der Waals surface area contributed by atoms with Crippen LogP contribution in [-0.2, 0) is 0 Å². The highest BCUT2D eigenvalue weighted by molar-refractivity contribution is 5.13. The Hall–Kier alpha value is -1.29. The summed E-state index contributed by atoms with van der Waals surface area (Å²) in [6, 6.07) is 2.03. The Morgan fingerprint density at radius 1 is 1.00 bits per heavy atom. The maximum absolute atomic E-state index is 8.50. The van der Waals surface area contributed by atoms with E-state index in [0.717, 1.165) is 17.8 Å². The maximum Gasteiger partial charge on any atom is 0.0912 e. The fourth-order valence-electron chi connectivity index (χ4n) is 4.65. The third kappa shape index (κ3) is 5.97. The standard InChI is InChI=1S/C23H35N/c1-3-4-8-20-10-14-22(15-11-20)19(2)23-16-12-21(13-17-23)9-6-5-7-18-24/h5-7,9,20-23H,2-4,8,10-17H2,1H3/b7-5+,9-6+/t20-,21-,22-,23-. The van der Waals surface area contributed by atoms with Gasteiger partial charge < -0.3 is 0 Å². The average Bonchev–Trinajstić information content (AvgIpc) is 2.64. The summed E-state index contributed by atoms with van der Waals surface area (Å²) in [5.74, 6) is 3.26. The van der Waals surface area contributed by atoms with E-state index in [1.54, 1.807) is 11.6 Å². The predicted octanol–water partition coefficient (Wildman–Crippen LogP) is 6.98. The number of hydrogen-bond acceptors (Lipinski definition) is 1. The van der Waals surface area contributed by atoms with Crippen molar-refractivity contribution in [2.75, 3.05) is 0 Å². The van der Waals surface area contributed by atoms with Gasteiger partial charge in [0, 0.05) is 6.08 Å². The van der Waals surface area contributed by atoms with Gasteiger partial charge in [-0.25, -0.2) is 0 Å². The fourth-order valence-corrected chi connectivity index (χ4v) is 4.65. The first-order valence-corrected chi connectivity index (χ1v) is 10.2. The van der Waals surface area contributed by atoms with Crippen molar-refractivity contribution in [3.8, 4) is 6.07 Å². The van der Waals surface area contributed by atoms with E-state index in [1.165, 1.54) is 70.6 Å². The van der Waals surface area contributed by atoms with E-state index in [4.69, 9.17) is 5.26 Å². The fraction of sp³-hybridized carbons (Fsp3) is 0.696. The summed E-state index contributed by atoms with van der Waals surface area (Å²) < 4.78 is 0. The first-order valence-electron chi connectivity index (χ1n) is 10.2. The van der Waals surface area contributed by atoms with Gasteiger partial charge in [-0.2, -0.15) is 5.26 Å². The van der Waals surface area contributed by atoms with Crippen LogP contribution in [0.2, 0.25) is 0 Å². The van der Waals surface area contributed by atoms with Gasteiger partial charge in [-0.1, -0.05) is 56.6 Å². The molecule has 2 aliphatic rings. The molecule has 0 aromatic rings. The summed E-state index contributed by atoms with van der Waals surface area (Å²) in [4.78, 5) is 0. The van der Waals surface area contributed by atoms with Crippen LogP contribution in [0, 0.1) is 35.0 Å². The smallest absolute Gasteiger partial charge is 0.0912 e. The molecule has 0 radical (unpaired) electrons. The van der Waals surface area contributed by atoms with Crippen LogP contribution >= 0.6 is 0 Å². The maximum atomic E-state index is 8.50. The van der Waals surface area contributed by atoms with E-state index in [2.05, 4.69) is 19.6 Å². The first-order chi connectivity index (χ1) is 11.7. The summed E-state index contributed by atoms with van der Waals surface area (Å²) in [6.07, 6.45) is 22.8. The minimum absolute atomic E-state index is 0.696. The minimum atomic E-state index is 0.696. The third-order valence-electron chi connectivity index (χ3n) is 6.30. The van der Waals surface area contributed by atoms with Gasteiger partial charge in [-0.3, -0.25) is 0 Å². The van der Waals surface area contributed by atoms with Crippen molar-refractivity contribution in [2.45, 2.75) is 77.6 Å². The molecule has 24 heavy (non-hydrogen) atoms. The quantitative estimate of drug-likeness (QED) is 0.281. The normalized spacial score (nSPS) is 31.3. The molecular formula is C23H35N. The summed E-state index contributed by atoms with van der Waals surface area (Å²) >= 11 is 0. The Labute approximate surface area is 149 Å². The van der Waals surface area contributed by atoms with Gasteiger partial charge in [0.1, 0.15) is 0 Å². The number of hydrogen-bond donors (Lipinski definition) is 0. The predicted molar refractivity (Wildman–Crippen MR) is 103 cm³/mol. The molecule has 0 aromatic heterocycles. The second kappa shape index (κ2) is 10.5. The van der Waals surface area contributed by atoms with Crippen molar-refractivity contribution >= 4 is 0 Å². The van der Waals surface area contributed by atoms with E-state index in [1.807, 2.05) is 18.2 Å². The van der Waals surface area contributed by atoms with Crippen molar-refractivity contribution in [3.63, 3.8) is 0 Å². The van der Waals surface area contributed by atoms with E-state index in [-0.39, 0.29) is 0 Å². The molecule has 1 nitrogen and oxygen atoms in total. The van der Waals surface area contributed by atoms with Crippen LogP contribution in [0.5, 0.6) is 0 Å². The molecule has 0 spiro atoms. The topological polar surface area (TPSA) is 23.8 Å². The van der Waals surface area contributed by atoms with Gasteiger partial charge in [0.15, 0.2) is 0 Å². The molecule has 2 rings (SSSR count). The summed E-state index contributed by atoms with van der Waals surface area (Å²) in [5.41, 5.74) is 1.58. The SMILES string of the molecule is C=C([C@H]1CC[C@H](/C=C/C=C/C#N)CC1)[C@H]1CC[C@H](CCCC)CC1. The molecule has 0 N–H and O–H groups in total. The van der Waals surface area contributed by atoms with E-state index >= 15 is 0 Å². The molecule has 2 aliphatic carbocycles. The van der Waals surface area contributed by atoms with Gasteiger partial charge in [0.25, 0.3) is 0 Å². The number of nitriles is 1. The second-order valence-corrected chi connectivity index (χ2v) is 7.92. The molecular weight excluding hydrogens is 290 g/mol. The molecule has 0 aliphatic heterocycles. The number of allylic oxidation sites excluding steroid dienone is 5. The number of unbranched alkanes of at least 4 members (excludes halogenated alkanes) is 1. The highest BCUT2D eigenvalue weighted by Gasteiger charge is 2.28. The van der Waals surface area contributed by atoms with Crippen LogP contribution < -0.4 is 0 Å². The molecule has 0 aromatic carbocycles. The Kier molecular flexibility index (Phi) is 8.37. The largest absolute Gasteiger partial charge is 0.193 e. The van der Waals surface area contributed by atoms with E-state index < -0.39 is 0 Å². The summed E-state index contributed by atoms with van der Waals surface area (Å²) in [5, 5.41) is 8.50. The zero-order valence-corrected chi connectivity index (χ0v) is 15.6. The zero-order valence-electron chi connectivity index (χ0n) is 15.6. The Morgan fingerprint density at radius 2 is 1.62 bits per heavy atom. The molecule has 0 atom stereocenters. The van der Waals surface area contributed by atoms with Crippen molar-refractivity contribution < 1.29 is 0 Å². The van der Waals surface area contributed by atoms with Crippen LogP contribution in [0.15, 0.2) is 36.5 Å². The minimum Gasteiger partial charge on any atom is -0.193 e. The van der Waals surface area contributed by atoms with Gasteiger partial charge in [0.2, 0.25) is 0 Å². The Morgan fingerprint density at radius 3 is 2.21 bits per heavy atom. The lowest BCUT2D eigenvalue weighted by Gasteiger charge is -2.35. The van der Waals surface area contributed by atoms with Gasteiger partial charge in [-0.15, -0.1) is 0 Å². The summed E-state index contributed by atoms with van der Waals surface area (Å²) in [6.45, 7) is 6.84. The molecule has 0 unspecified atom stereocenters. The van der Waals surface area contributed by atoms with Gasteiger partial charge >= 0.3 is 0 Å². The van der Waals surface area contributed by atoms with Crippen molar-refractivity contribution in [3.05, 3.63) is 36.5 Å². The molecule has 1 heteroatoms. The van der Waals surface area contributed by atoms with Gasteiger partial charge in [0.05, 0.1) is 6.07 Å². The Bertz CT molecular complexity index is 463. The van der Waals surface area contributed by atoms with Crippen LogP contribution in [0.1, 0.15) is 77.6 Å². The van der Waals surface area contributed by atoms with Crippen LogP contribution in [0.3, 0.4) is 0 Å². The van der Waals surface area contributed by atoms with Crippen LogP contribution in [0.4, 0.5) is 0 Å². The molecule has 0 saturated heterocycles. The van der Waals surface area contributed by atoms with Crippen LogP contribution in [-0.4, -0.2) is 0 Å². The summed E-state index contributed by atoms with van der Waals surface area (Å²) in [7, 11) is 0. The number of rotatable bonds is 7. The molecule has 2 saturated carbocycles. The second-order valence-electron chi connectivity index (χ2n) is 7.92. The lowest BCUT2D eigenvalue weighted by Crippen LogP contribution is -2.22. The van der Waals surface area contributed by atoms with E-state index in [9.17, 15) is 0 Å². The average molecular weight is 326 g/mol. The van der Waals surface area contributed by atoms with Crippen molar-refractivity contribution in [1.29, 1.82) is 5.26 Å². The van der Waals surface area contributed by atoms with Gasteiger partial charge in [-0.05, 0) is 75.0 Å². The highest BCUT2D eigenvalue weighted by Crippen LogP contribution is 2.42. The van der Waals surface area contributed by atoms with Crippen molar-refractivity contribution in [1.82, 2.24) is 0 Å². The van der Waals surface area contributed by atoms with Crippen molar-refractivity contribution in [2.24, 2.45) is 23.7 Å². The third-order valence-corrected chi connectivity index (χ3v) is 6.30. The molecule has 0 amide bonds. The number of nitrogens with zero attached hydrogens (tertiary/aromatic N) is 1. The van der Waals surface area contributed by atoms with E-state index in [0.29, 0.717) is 5.92 Å². The molecule has 132 valence electrons. The zero-order chi connectivity index (χ0) is 17.2. The Balaban J connectivity index is 1.70. The molecule has 0 bridgehead atoms.